The third kappa shape index (κ3) is 3.86. The minimum Gasteiger partial charge on any atom is -0.340 e. The van der Waals surface area contributed by atoms with Crippen LogP contribution in [0, 0.1) is 12.7 Å². The lowest BCUT2D eigenvalue weighted by atomic mass is 10.1. The Morgan fingerprint density at radius 1 is 1.06 bits per heavy atom. The molecule has 7 heteroatoms. The zero-order valence-corrected chi connectivity index (χ0v) is 20.4. The van der Waals surface area contributed by atoms with Crippen LogP contribution in [-0.4, -0.2) is 20.4 Å². The van der Waals surface area contributed by atoms with Gasteiger partial charge in [-0.3, -0.25) is 4.79 Å². The van der Waals surface area contributed by atoms with E-state index in [4.69, 9.17) is 0 Å². The Morgan fingerprint density at radius 2 is 1.82 bits per heavy atom. The molecule has 0 radical (unpaired) electrons. The third-order valence-electron chi connectivity index (χ3n) is 6.06. The lowest BCUT2D eigenvalue weighted by Gasteiger charge is -2.10. The van der Waals surface area contributed by atoms with E-state index in [-0.39, 0.29) is 11.4 Å². The van der Waals surface area contributed by atoms with Crippen LogP contribution in [0.4, 0.5) is 4.39 Å². The van der Waals surface area contributed by atoms with E-state index in [0.29, 0.717) is 35.3 Å². The summed E-state index contributed by atoms with van der Waals surface area (Å²) in [5.41, 5.74) is 3.85. The first-order valence-corrected chi connectivity index (χ1v) is 11.8. The maximum absolute atomic E-state index is 14.4. The zero-order chi connectivity index (χ0) is 23.8. The highest BCUT2D eigenvalue weighted by atomic mass is 79.9. The molecule has 0 atom stereocenters. The van der Waals surface area contributed by atoms with E-state index in [0.717, 1.165) is 26.6 Å². The molecule has 0 saturated carbocycles. The molecule has 0 unspecified atom stereocenters. The maximum atomic E-state index is 14.4. The van der Waals surface area contributed by atoms with Crippen molar-refractivity contribution in [3.05, 3.63) is 110 Å². The molecule has 0 bridgehead atoms. The van der Waals surface area contributed by atoms with Crippen molar-refractivity contribution in [1.29, 1.82) is 0 Å². The SMILES string of the molecule is CCc1nc2ccc(Br)cc2c(=O)n1N=Cc1c(C)n(Cc2ccccc2F)c2ccccc12. The van der Waals surface area contributed by atoms with E-state index >= 15 is 0 Å². The van der Waals surface area contributed by atoms with Gasteiger partial charge in [-0.05, 0) is 37.3 Å². The van der Waals surface area contributed by atoms with Crippen LogP contribution in [0.2, 0.25) is 0 Å². The van der Waals surface area contributed by atoms with Gasteiger partial charge in [-0.25, -0.2) is 9.37 Å². The summed E-state index contributed by atoms with van der Waals surface area (Å²) in [6.07, 6.45) is 2.27. The molecule has 2 aromatic heterocycles. The summed E-state index contributed by atoms with van der Waals surface area (Å²) >= 11 is 3.43. The molecular formula is C27H22BrFN4O. The standard InChI is InChI=1S/C27H22BrFN4O/c1-3-26-31-24-13-12-19(28)14-21(24)27(34)33(26)30-15-22-17(2)32(25-11-7-5-9-20(22)25)16-18-8-4-6-10-23(18)29/h4-15H,3,16H2,1-2H3. The van der Waals surface area contributed by atoms with Crippen LogP contribution in [0.5, 0.6) is 0 Å². The fourth-order valence-corrected chi connectivity index (χ4v) is 4.64. The zero-order valence-electron chi connectivity index (χ0n) is 18.8. The number of aryl methyl sites for hydroxylation is 1. The second-order valence-electron chi connectivity index (χ2n) is 8.10. The quantitative estimate of drug-likeness (QED) is 0.267. The number of halogens is 2. The molecule has 3 aromatic carbocycles. The topological polar surface area (TPSA) is 52.2 Å². The summed E-state index contributed by atoms with van der Waals surface area (Å²) in [5.74, 6) is 0.353. The molecular weight excluding hydrogens is 495 g/mol. The van der Waals surface area contributed by atoms with Gasteiger partial charge in [-0.15, -0.1) is 0 Å². The van der Waals surface area contributed by atoms with Crippen molar-refractivity contribution >= 4 is 44.0 Å². The maximum Gasteiger partial charge on any atom is 0.282 e. The minimum absolute atomic E-state index is 0.216. The number of hydrogen-bond donors (Lipinski definition) is 0. The average Bonchev–Trinajstić information content (AvgIpc) is 3.11. The van der Waals surface area contributed by atoms with Crippen molar-refractivity contribution in [2.45, 2.75) is 26.8 Å². The summed E-state index contributed by atoms with van der Waals surface area (Å²) < 4.78 is 18.6. The predicted molar refractivity (Wildman–Crippen MR) is 138 cm³/mol. The largest absolute Gasteiger partial charge is 0.340 e. The van der Waals surface area contributed by atoms with E-state index in [1.165, 1.54) is 10.7 Å². The van der Waals surface area contributed by atoms with Gasteiger partial charge in [-0.1, -0.05) is 59.3 Å². The summed E-state index contributed by atoms with van der Waals surface area (Å²) in [7, 11) is 0. The van der Waals surface area contributed by atoms with E-state index < -0.39 is 0 Å². The first-order valence-electron chi connectivity index (χ1n) is 11.0. The van der Waals surface area contributed by atoms with Gasteiger partial charge in [0.25, 0.3) is 5.56 Å². The van der Waals surface area contributed by atoms with E-state index in [1.807, 2.05) is 56.3 Å². The van der Waals surface area contributed by atoms with Crippen LogP contribution in [0.1, 0.15) is 29.6 Å². The molecule has 2 heterocycles. The Bertz CT molecular complexity index is 1630. The monoisotopic (exact) mass is 516 g/mol. The Kier molecular flexibility index (Phi) is 5.87. The summed E-state index contributed by atoms with van der Waals surface area (Å²) in [4.78, 5) is 17.9. The van der Waals surface area contributed by atoms with Gasteiger partial charge < -0.3 is 4.57 Å². The molecule has 0 spiro atoms. The van der Waals surface area contributed by atoms with Crippen molar-refractivity contribution in [2.24, 2.45) is 5.10 Å². The van der Waals surface area contributed by atoms with Gasteiger partial charge in [0.05, 0.1) is 23.7 Å². The fourth-order valence-electron chi connectivity index (χ4n) is 4.28. The minimum atomic E-state index is -0.234. The van der Waals surface area contributed by atoms with E-state index in [2.05, 4.69) is 30.6 Å². The summed E-state index contributed by atoms with van der Waals surface area (Å²) in [6.45, 7) is 4.34. The van der Waals surface area contributed by atoms with E-state index in [9.17, 15) is 9.18 Å². The van der Waals surface area contributed by atoms with Crippen molar-refractivity contribution in [3.63, 3.8) is 0 Å². The Balaban J connectivity index is 1.65. The Hall–Kier alpha value is -3.58. The lowest BCUT2D eigenvalue weighted by Crippen LogP contribution is -2.22. The molecule has 0 saturated heterocycles. The van der Waals surface area contributed by atoms with E-state index in [1.54, 1.807) is 24.4 Å². The van der Waals surface area contributed by atoms with Crippen molar-refractivity contribution in [2.75, 3.05) is 0 Å². The Labute approximate surface area is 204 Å². The number of nitrogens with zero attached hydrogens (tertiary/aromatic N) is 4. The molecule has 170 valence electrons. The van der Waals surface area contributed by atoms with Crippen LogP contribution in [0.15, 0.2) is 81.1 Å². The Morgan fingerprint density at radius 3 is 2.62 bits per heavy atom. The lowest BCUT2D eigenvalue weighted by molar-refractivity contribution is 0.600. The normalized spacial score (nSPS) is 11.8. The van der Waals surface area contributed by atoms with Gasteiger partial charge in [0.2, 0.25) is 0 Å². The highest BCUT2D eigenvalue weighted by Crippen LogP contribution is 2.26. The first kappa shape index (κ1) is 22.2. The second-order valence-corrected chi connectivity index (χ2v) is 9.01. The number of aromatic nitrogens is 3. The molecule has 34 heavy (non-hydrogen) atoms. The highest BCUT2D eigenvalue weighted by Gasteiger charge is 2.15. The van der Waals surface area contributed by atoms with Crippen molar-refractivity contribution in [3.8, 4) is 0 Å². The van der Waals surface area contributed by atoms with Crippen LogP contribution in [0.25, 0.3) is 21.8 Å². The number of hydrogen-bond acceptors (Lipinski definition) is 3. The molecule has 0 aliphatic heterocycles. The number of benzene rings is 3. The van der Waals surface area contributed by atoms with Crippen molar-refractivity contribution in [1.82, 2.24) is 14.2 Å². The van der Waals surface area contributed by atoms with Gasteiger partial charge in [0.1, 0.15) is 11.6 Å². The van der Waals surface area contributed by atoms with Crippen LogP contribution in [-0.2, 0) is 13.0 Å². The van der Waals surface area contributed by atoms with Gasteiger partial charge in [0, 0.05) is 38.6 Å². The van der Waals surface area contributed by atoms with Crippen LogP contribution >= 0.6 is 15.9 Å². The predicted octanol–water partition coefficient (Wildman–Crippen LogP) is 6.05. The summed E-state index contributed by atoms with van der Waals surface area (Å²) in [6, 6.07) is 20.2. The smallest absolute Gasteiger partial charge is 0.282 e. The molecule has 0 N–H and O–H groups in total. The molecule has 5 aromatic rings. The van der Waals surface area contributed by atoms with Crippen LogP contribution in [0.3, 0.4) is 0 Å². The molecule has 0 fully saturated rings. The number of para-hydroxylation sites is 1. The third-order valence-corrected chi connectivity index (χ3v) is 6.55. The second kappa shape index (κ2) is 8.99. The molecule has 5 nitrogen and oxygen atoms in total. The average molecular weight is 517 g/mol. The summed E-state index contributed by atoms with van der Waals surface area (Å²) in [5, 5.41) is 6.08. The number of rotatable bonds is 5. The number of fused-ring (bicyclic) bond motifs is 2. The first-order chi connectivity index (χ1) is 16.5. The fraction of sp³-hybridized carbons (Fsp3) is 0.148. The van der Waals surface area contributed by atoms with Gasteiger partial charge in [-0.2, -0.15) is 9.78 Å². The molecule has 5 rings (SSSR count). The van der Waals surface area contributed by atoms with Crippen molar-refractivity contribution < 1.29 is 4.39 Å². The highest BCUT2D eigenvalue weighted by molar-refractivity contribution is 9.10. The molecule has 0 aliphatic carbocycles. The van der Waals surface area contributed by atoms with Crippen LogP contribution < -0.4 is 5.56 Å². The van der Waals surface area contributed by atoms with Gasteiger partial charge >= 0.3 is 0 Å². The van der Waals surface area contributed by atoms with Gasteiger partial charge in [0.15, 0.2) is 0 Å². The molecule has 0 amide bonds. The molecule has 0 aliphatic rings.